The number of ether oxygens (including phenoxy) is 2. The van der Waals surface area contributed by atoms with E-state index in [1.165, 1.54) is 30.3 Å². The first-order valence-electron chi connectivity index (χ1n) is 7.95. The lowest BCUT2D eigenvalue weighted by Gasteiger charge is -2.13. The van der Waals surface area contributed by atoms with Gasteiger partial charge in [-0.05, 0) is 44.2 Å². The largest absolute Gasteiger partial charge is 0.462 e. The SMILES string of the molecule is CCOC(=O)c1ccc(C(=O)OCC)c(NS(=O)(=O)c2ccccc2)c1. The van der Waals surface area contributed by atoms with Gasteiger partial charge in [0.2, 0.25) is 0 Å². The quantitative estimate of drug-likeness (QED) is 0.745. The molecule has 7 nitrogen and oxygen atoms in total. The van der Waals surface area contributed by atoms with E-state index in [9.17, 15) is 18.0 Å². The Kier molecular flexibility index (Phi) is 6.35. The normalized spacial score (nSPS) is 10.8. The number of anilines is 1. The van der Waals surface area contributed by atoms with Crippen molar-refractivity contribution in [2.75, 3.05) is 17.9 Å². The summed E-state index contributed by atoms with van der Waals surface area (Å²) < 4.78 is 37.3. The minimum Gasteiger partial charge on any atom is -0.462 e. The molecule has 2 rings (SSSR count). The van der Waals surface area contributed by atoms with Crippen LogP contribution in [0.4, 0.5) is 5.69 Å². The first kappa shape index (κ1) is 19.5. The van der Waals surface area contributed by atoms with Gasteiger partial charge in [-0.25, -0.2) is 18.0 Å². The number of benzene rings is 2. The zero-order valence-corrected chi connectivity index (χ0v) is 15.2. The standard InChI is InChI=1S/C18H19NO6S/c1-3-24-17(20)13-10-11-15(18(21)25-4-2)16(12-13)19-26(22,23)14-8-6-5-7-9-14/h5-12,19H,3-4H2,1-2H3. The first-order chi connectivity index (χ1) is 12.4. The molecule has 0 saturated carbocycles. The molecule has 8 heteroatoms. The van der Waals surface area contributed by atoms with Crippen LogP contribution in [0.15, 0.2) is 53.4 Å². The summed E-state index contributed by atoms with van der Waals surface area (Å²) in [7, 11) is -3.95. The molecule has 26 heavy (non-hydrogen) atoms. The lowest BCUT2D eigenvalue weighted by atomic mass is 10.1. The average molecular weight is 377 g/mol. The summed E-state index contributed by atoms with van der Waals surface area (Å²) in [5, 5.41) is 0. The topological polar surface area (TPSA) is 98.8 Å². The van der Waals surface area contributed by atoms with Crippen LogP contribution in [0.2, 0.25) is 0 Å². The van der Waals surface area contributed by atoms with Crippen LogP contribution in [-0.4, -0.2) is 33.6 Å². The Labute approximate surface area is 152 Å². The highest BCUT2D eigenvalue weighted by Crippen LogP contribution is 2.23. The lowest BCUT2D eigenvalue weighted by molar-refractivity contribution is 0.0512. The Balaban J connectivity index is 2.47. The minimum atomic E-state index is -3.95. The van der Waals surface area contributed by atoms with E-state index >= 15 is 0 Å². The van der Waals surface area contributed by atoms with E-state index in [4.69, 9.17) is 9.47 Å². The second-order valence-corrected chi connectivity index (χ2v) is 6.80. The highest BCUT2D eigenvalue weighted by molar-refractivity contribution is 7.92. The fraction of sp³-hybridized carbons (Fsp3) is 0.222. The second kappa shape index (κ2) is 8.48. The van der Waals surface area contributed by atoms with Gasteiger partial charge in [0.05, 0.1) is 34.9 Å². The van der Waals surface area contributed by atoms with Crippen molar-refractivity contribution in [3.63, 3.8) is 0 Å². The maximum Gasteiger partial charge on any atom is 0.340 e. The van der Waals surface area contributed by atoms with Crippen molar-refractivity contribution in [1.82, 2.24) is 0 Å². The number of carbonyl (C=O) groups excluding carboxylic acids is 2. The molecule has 138 valence electrons. The van der Waals surface area contributed by atoms with Crippen LogP contribution in [0, 0.1) is 0 Å². The van der Waals surface area contributed by atoms with Crippen LogP contribution >= 0.6 is 0 Å². The second-order valence-electron chi connectivity index (χ2n) is 5.12. The third kappa shape index (κ3) is 4.60. The molecule has 0 unspecified atom stereocenters. The number of rotatable bonds is 7. The molecule has 2 aromatic carbocycles. The number of hydrogen-bond acceptors (Lipinski definition) is 6. The summed E-state index contributed by atoms with van der Waals surface area (Å²) in [5.74, 6) is -1.32. The molecule has 0 aliphatic carbocycles. The van der Waals surface area contributed by atoms with Crippen molar-refractivity contribution < 1.29 is 27.5 Å². The minimum absolute atomic E-state index is 0.000551. The summed E-state index contributed by atoms with van der Waals surface area (Å²) in [6.45, 7) is 3.59. The van der Waals surface area contributed by atoms with Gasteiger partial charge >= 0.3 is 11.9 Å². The maximum absolute atomic E-state index is 12.6. The van der Waals surface area contributed by atoms with Crippen LogP contribution in [0.1, 0.15) is 34.6 Å². The molecule has 0 amide bonds. The molecule has 0 aliphatic rings. The smallest absolute Gasteiger partial charge is 0.340 e. The van der Waals surface area contributed by atoms with Gasteiger partial charge in [0.15, 0.2) is 0 Å². The van der Waals surface area contributed by atoms with E-state index in [0.29, 0.717) is 0 Å². The number of esters is 2. The summed E-state index contributed by atoms with van der Waals surface area (Å²) >= 11 is 0. The van der Waals surface area contributed by atoms with Crippen LogP contribution in [0.5, 0.6) is 0 Å². The van der Waals surface area contributed by atoms with E-state index in [1.54, 1.807) is 32.0 Å². The predicted octanol–water partition coefficient (Wildman–Crippen LogP) is 2.84. The third-order valence-electron chi connectivity index (χ3n) is 3.32. The van der Waals surface area contributed by atoms with Crippen molar-refractivity contribution >= 4 is 27.6 Å². The molecule has 2 aromatic rings. The van der Waals surface area contributed by atoms with Crippen molar-refractivity contribution in [2.24, 2.45) is 0 Å². The third-order valence-corrected chi connectivity index (χ3v) is 4.71. The van der Waals surface area contributed by atoms with Crippen LogP contribution in [0.3, 0.4) is 0 Å². The number of sulfonamides is 1. The monoisotopic (exact) mass is 377 g/mol. The fourth-order valence-corrected chi connectivity index (χ4v) is 3.25. The highest BCUT2D eigenvalue weighted by atomic mass is 32.2. The predicted molar refractivity (Wildman–Crippen MR) is 95.6 cm³/mol. The Hall–Kier alpha value is -2.87. The van der Waals surface area contributed by atoms with Crippen LogP contribution in [0.25, 0.3) is 0 Å². The van der Waals surface area contributed by atoms with E-state index in [2.05, 4.69) is 4.72 Å². The summed E-state index contributed by atoms with van der Waals surface area (Å²) in [5.41, 5.74) is 0.0583. The van der Waals surface area contributed by atoms with Crippen molar-refractivity contribution in [2.45, 2.75) is 18.7 Å². The van der Waals surface area contributed by atoms with E-state index in [1.807, 2.05) is 0 Å². The van der Waals surface area contributed by atoms with Gasteiger partial charge in [-0.1, -0.05) is 18.2 Å². The Morgan fingerprint density at radius 2 is 1.54 bits per heavy atom. The molecule has 1 N–H and O–H groups in total. The van der Waals surface area contributed by atoms with Crippen molar-refractivity contribution in [1.29, 1.82) is 0 Å². The first-order valence-corrected chi connectivity index (χ1v) is 9.43. The number of nitrogens with one attached hydrogen (secondary N) is 1. The zero-order valence-electron chi connectivity index (χ0n) is 14.4. The van der Waals surface area contributed by atoms with Gasteiger partial charge < -0.3 is 9.47 Å². The van der Waals surface area contributed by atoms with Gasteiger partial charge in [-0.2, -0.15) is 0 Å². The molecule has 0 atom stereocenters. The zero-order chi connectivity index (χ0) is 19.2. The molecule has 0 saturated heterocycles. The number of hydrogen-bond donors (Lipinski definition) is 1. The van der Waals surface area contributed by atoms with Crippen molar-refractivity contribution in [3.05, 3.63) is 59.7 Å². The molecule has 0 radical (unpaired) electrons. The summed E-state index contributed by atoms with van der Waals surface area (Å²) in [6, 6.07) is 11.6. The molecule has 0 aliphatic heterocycles. The molecular weight excluding hydrogens is 358 g/mol. The molecule has 0 spiro atoms. The molecule has 0 heterocycles. The molecule has 0 bridgehead atoms. The van der Waals surface area contributed by atoms with Gasteiger partial charge in [0, 0.05) is 0 Å². The number of carbonyl (C=O) groups is 2. The lowest BCUT2D eigenvalue weighted by Crippen LogP contribution is -2.17. The Morgan fingerprint density at radius 1 is 0.923 bits per heavy atom. The van der Waals surface area contributed by atoms with E-state index in [0.717, 1.165) is 0 Å². The van der Waals surface area contributed by atoms with E-state index < -0.39 is 22.0 Å². The van der Waals surface area contributed by atoms with Crippen molar-refractivity contribution in [3.8, 4) is 0 Å². The molecule has 0 aromatic heterocycles. The van der Waals surface area contributed by atoms with E-state index in [-0.39, 0.29) is 34.9 Å². The van der Waals surface area contributed by atoms with Gasteiger partial charge in [0.1, 0.15) is 0 Å². The van der Waals surface area contributed by atoms with Crippen LogP contribution in [-0.2, 0) is 19.5 Å². The Morgan fingerprint density at radius 3 is 2.15 bits per heavy atom. The summed E-state index contributed by atoms with van der Waals surface area (Å²) in [6.07, 6.45) is 0. The maximum atomic E-state index is 12.6. The van der Waals surface area contributed by atoms with Gasteiger partial charge in [-0.3, -0.25) is 4.72 Å². The average Bonchev–Trinajstić information content (AvgIpc) is 2.62. The fourth-order valence-electron chi connectivity index (χ4n) is 2.16. The van der Waals surface area contributed by atoms with Crippen LogP contribution < -0.4 is 4.72 Å². The molecule has 0 fully saturated rings. The Bertz CT molecular complexity index is 893. The van der Waals surface area contributed by atoms with Gasteiger partial charge in [-0.15, -0.1) is 0 Å². The highest BCUT2D eigenvalue weighted by Gasteiger charge is 2.21. The summed E-state index contributed by atoms with van der Waals surface area (Å²) in [4.78, 5) is 24.1. The van der Waals surface area contributed by atoms with Gasteiger partial charge in [0.25, 0.3) is 10.0 Å². The molecular formula is C18H19NO6S.